The van der Waals surface area contributed by atoms with Crippen LogP contribution in [0.25, 0.3) is 0 Å². The Bertz CT molecular complexity index is 1260. The molecule has 3 heterocycles. The van der Waals surface area contributed by atoms with E-state index in [1.54, 1.807) is 17.8 Å². The molecule has 0 bridgehead atoms. The van der Waals surface area contributed by atoms with Gasteiger partial charge in [0, 0.05) is 34.9 Å². The number of aromatic nitrogens is 6. The minimum absolute atomic E-state index is 0.291. The van der Waals surface area contributed by atoms with Crippen molar-refractivity contribution >= 4 is 46.1 Å². The number of hydrogen-bond acceptors (Lipinski definition) is 11. The van der Waals surface area contributed by atoms with Crippen molar-refractivity contribution in [3.05, 3.63) is 54.2 Å². The van der Waals surface area contributed by atoms with Crippen LogP contribution in [0.2, 0.25) is 0 Å². The van der Waals surface area contributed by atoms with Gasteiger partial charge < -0.3 is 14.6 Å². The Hall–Kier alpha value is -3.00. The number of anilines is 1. The summed E-state index contributed by atoms with van der Waals surface area (Å²) in [5.74, 6) is 1.04. The van der Waals surface area contributed by atoms with Crippen molar-refractivity contribution < 1.29 is 9.53 Å². The van der Waals surface area contributed by atoms with Gasteiger partial charge in [0.2, 0.25) is 5.13 Å². The molecule has 4 aromatic rings. The molecule has 0 radical (unpaired) electrons. The molecule has 4 rings (SSSR count). The molecule has 1 amide bonds. The number of aryl methyl sites for hydroxylation is 2. The fraction of sp³-hybridized carbons (Fsp3) is 0.238. The van der Waals surface area contributed by atoms with E-state index in [4.69, 9.17) is 4.74 Å². The fourth-order valence-electron chi connectivity index (χ4n) is 2.69. The van der Waals surface area contributed by atoms with Crippen LogP contribution in [0.5, 0.6) is 5.75 Å². The highest BCUT2D eigenvalue weighted by molar-refractivity contribution is 7.99. The summed E-state index contributed by atoms with van der Waals surface area (Å²) >= 11 is 3.91. The van der Waals surface area contributed by atoms with E-state index in [2.05, 4.69) is 35.2 Å². The molecule has 0 saturated carbocycles. The summed E-state index contributed by atoms with van der Waals surface area (Å²) in [6.07, 6.45) is 1.62. The Morgan fingerprint density at radius 2 is 1.97 bits per heavy atom. The molecule has 0 fully saturated rings. The molecular weight excluding hydrogens is 492 g/mol. The van der Waals surface area contributed by atoms with Crippen LogP contribution >= 0.6 is 35.1 Å². The lowest BCUT2D eigenvalue weighted by molar-refractivity contribution is 0.101. The average molecular weight is 515 g/mol. The zero-order chi connectivity index (χ0) is 23.9. The number of likely N-dealkylation sites (N-methyl/N-ethyl adjacent to an activating group) is 1. The lowest BCUT2D eigenvalue weighted by atomic mass is 10.3. The number of ether oxygens (including phenoxy) is 1. The molecular formula is C21H22N8O2S3. The molecule has 0 unspecified atom stereocenters. The van der Waals surface area contributed by atoms with Gasteiger partial charge in [-0.2, -0.15) is 4.37 Å². The third kappa shape index (κ3) is 6.32. The Labute approximate surface area is 209 Å². The van der Waals surface area contributed by atoms with Crippen molar-refractivity contribution in [1.29, 1.82) is 0 Å². The lowest BCUT2D eigenvalue weighted by Crippen LogP contribution is -2.15. The Morgan fingerprint density at radius 3 is 2.65 bits per heavy atom. The standard InChI is InChI=1S/C21H22N8O2S3/c1-13-24-20(34-28-13)26-19(30)18-16(8-9-17(25-18)33-21-27-23-12-29(21)3)32-15-6-4-14(5-7-15)31-11-10-22-2/h4-9,12,22H,10-11H2,1-3H3,(H,24,26,28,30). The summed E-state index contributed by atoms with van der Waals surface area (Å²) in [6.45, 7) is 3.14. The van der Waals surface area contributed by atoms with E-state index in [1.165, 1.54) is 23.5 Å². The second-order valence-electron chi connectivity index (χ2n) is 6.95. The molecule has 1 aromatic carbocycles. The summed E-state index contributed by atoms with van der Waals surface area (Å²) in [5, 5.41) is 15.6. The molecule has 0 atom stereocenters. The van der Waals surface area contributed by atoms with Crippen LogP contribution in [0.3, 0.4) is 0 Å². The van der Waals surface area contributed by atoms with Crippen LogP contribution in [-0.4, -0.2) is 55.2 Å². The van der Waals surface area contributed by atoms with Crippen LogP contribution < -0.4 is 15.4 Å². The molecule has 0 aliphatic heterocycles. The largest absolute Gasteiger partial charge is 0.492 e. The van der Waals surface area contributed by atoms with Gasteiger partial charge in [-0.1, -0.05) is 11.8 Å². The molecule has 0 spiro atoms. The predicted octanol–water partition coefficient (Wildman–Crippen LogP) is 3.52. The average Bonchev–Trinajstić information content (AvgIpc) is 3.43. The summed E-state index contributed by atoms with van der Waals surface area (Å²) < 4.78 is 11.6. The van der Waals surface area contributed by atoms with Gasteiger partial charge in [-0.15, -0.1) is 10.2 Å². The molecule has 13 heteroatoms. The van der Waals surface area contributed by atoms with Crippen LogP contribution in [0.15, 0.2) is 62.7 Å². The van der Waals surface area contributed by atoms with Gasteiger partial charge in [0.1, 0.15) is 35.2 Å². The van der Waals surface area contributed by atoms with Crippen molar-refractivity contribution in [3.8, 4) is 5.75 Å². The van der Waals surface area contributed by atoms with Crippen LogP contribution in [0.1, 0.15) is 16.3 Å². The van der Waals surface area contributed by atoms with E-state index < -0.39 is 0 Å². The smallest absolute Gasteiger partial charge is 0.277 e. The number of carbonyl (C=O) groups excluding carboxylic acids is 1. The zero-order valence-corrected chi connectivity index (χ0v) is 21.1. The number of amides is 1. The minimum Gasteiger partial charge on any atom is -0.492 e. The Kier molecular flexibility index (Phi) is 8.11. The van der Waals surface area contributed by atoms with Crippen molar-refractivity contribution in [3.63, 3.8) is 0 Å². The fourth-order valence-corrected chi connectivity index (χ4v) is 4.90. The maximum Gasteiger partial charge on any atom is 0.277 e. The SMILES string of the molecule is CNCCOc1ccc(Sc2ccc(Sc3nncn3C)nc2C(=O)Nc2nc(C)ns2)cc1. The van der Waals surface area contributed by atoms with Crippen molar-refractivity contribution in [1.82, 2.24) is 34.4 Å². The maximum atomic E-state index is 13.1. The summed E-state index contributed by atoms with van der Waals surface area (Å²) in [5.41, 5.74) is 0.291. The normalized spacial score (nSPS) is 10.9. The van der Waals surface area contributed by atoms with E-state index in [-0.39, 0.29) is 5.91 Å². The number of carbonyl (C=O) groups is 1. The minimum atomic E-state index is -0.355. The van der Waals surface area contributed by atoms with Crippen LogP contribution in [0.4, 0.5) is 5.13 Å². The topological polar surface area (TPSA) is 120 Å². The van der Waals surface area contributed by atoms with Gasteiger partial charge in [-0.05, 0) is 62.1 Å². The van der Waals surface area contributed by atoms with E-state index in [9.17, 15) is 4.79 Å². The summed E-state index contributed by atoms with van der Waals surface area (Å²) in [4.78, 5) is 23.7. The number of nitrogens with zero attached hydrogens (tertiary/aromatic N) is 6. The van der Waals surface area contributed by atoms with E-state index >= 15 is 0 Å². The van der Waals surface area contributed by atoms with Gasteiger partial charge in [-0.3, -0.25) is 10.1 Å². The Morgan fingerprint density at radius 1 is 1.15 bits per heavy atom. The molecule has 176 valence electrons. The van der Waals surface area contributed by atoms with Crippen LogP contribution in [-0.2, 0) is 7.05 Å². The van der Waals surface area contributed by atoms with Crippen molar-refractivity contribution in [2.75, 3.05) is 25.5 Å². The zero-order valence-electron chi connectivity index (χ0n) is 18.7. The second kappa shape index (κ2) is 11.4. The monoisotopic (exact) mass is 514 g/mol. The summed E-state index contributed by atoms with van der Waals surface area (Å²) in [7, 11) is 3.73. The first-order chi connectivity index (χ1) is 16.5. The molecule has 0 aliphatic rings. The Balaban J connectivity index is 1.57. The lowest BCUT2D eigenvalue weighted by Gasteiger charge is -2.11. The highest BCUT2D eigenvalue weighted by Crippen LogP contribution is 2.34. The molecule has 34 heavy (non-hydrogen) atoms. The second-order valence-corrected chi connectivity index (χ2v) is 9.80. The number of rotatable bonds is 10. The number of hydrogen-bond donors (Lipinski definition) is 2. The highest BCUT2D eigenvalue weighted by Gasteiger charge is 2.18. The predicted molar refractivity (Wildman–Crippen MR) is 132 cm³/mol. The maximum absolute atomic E-state index is 13.1. The highest BCUT2D eigenvalue weighted by atomic mass is 32.2. The third-order valence-electron chi connectivity index (χ3n) is 4.33. The number of nitrogens with one attached hydrogen (secondary N) is 2. The first kappa shape index (κ1) is 24.1. The molecule has 2 N–H and O–H groups in total. The van der Waals surface area contributed by atoms with E-state index in [0.29, 0.717) is 38.3 Å². The number of benzene rings is 1. The molecule has 0 saturated heterocycles. The van der Waals surface area contributed by atoms with E-state index in [1.807, 2.05) is 50.5 Å². The van der Waals surface area contributed by atoms with Gasteiger partial charge in [0.25, 0.3) is 5.91 Å². The first-order valence-corrected chi connectivity index (χ1v) is 12.6. The van der Waals surface area contributed by atoms with Gasteiger partial charge in [0.15, 0.2) is 5.16 Å². The van der Waals surface area contributed by atoms with Gasteiger partial charge in [-0.25, -0.2) is 9.97 Å². The summed E-state index contributed by atoms with van der Waals surface area (Å²) in [6, 6.07) is 11.5. The molecule has 0 aliphatic carbocycles. The van der Waals surface area contributed by atoms with Gasteiger partial charge in [0.05, 0.1) is 0 Å². The third-order valence-corrected chi connectivity index (χ3v) is 7.10. The van der Waals surface area contributed by atoms with E-state index in [0.717, 1.165) is 28.7 Å². The number of pyridine rings is 1. The van der Waals surface area contributed by atoms with Crippen molar-refractivity contribution in [2.24, 2.45) is 7.05 Å². The van der Waals surface area contributed by atoms with Gasteiger partial charge >= 0.3 is 0 Å². The van der Waals surface area contributed by atoms with Crippen LogP contribution in [0, 0.1) is 6.92 Å². The molecule has 3 aromatic heterocycles. The molecule has 10 nitrogen and oxygen atoms in total. The quantitative estimate of drug-likeness (QED) is 0.304. The van der Waals surface area contributed by atoms with Crippen molar-refractivity contribution in [2.45, 2.75) is 26.9 Å². The first-order valence-electron chi connectivity index (χ1n) is 10.2.